The molecule has 39 heavy (non-hydrogen) atoms. The molecule has 3 aromatic heterocycles. The number of pyridine rings is 2. The van der Waals surface area contributed by atoms with E-state index in [2.05, 4.69) is 20.1 Å². The summed E-state index contributed by atoms with van der Waals surface area (Å²) < 4.78 is 1.86. The third-order valence-electron chi connectivity index (χ3n) is 6.40. The van der Waals surface area contributed by atoms with Crippen molar-refractivity contribution in [2.45, 2.75) is 13.0 Å². The number of imidazole rings is 1. The van der Waals surface area contributed by atoms with Crippen LogP contribution < -0.4 is 10.2 Å². The van der Waals surface area contributed by atoms with Crippen LogP contribution in [0.4, 0.5) is 11.5 Å². The third-order valence-corrected chi connectivity index (χ3v) is 7.03. The summed E-state index contributed by atoms with van der Waals surface area (Å²) in [5.41, 5.74) is 2.73. The second-order valence-corrected chi connectivity index (χ2v) is 9.35. The van der Waals surface area contributed by atoms with Crippen molar-refractivity contribution in [3.63, 3.8) is 0 Å². The number of halogens is 5. The highest BCUT2D eigenvalue weighted by atomic mass is 35.5. The Morgan fingerprint density at radius 3 is 2.28 bits per heavy atom. The van der Waals surface area contributed by atoms with Gasteiger partial charge >= 0.3 is 0 Å². The zero-order chi connectivity index (χ0) is 25.2. The van der Waals surface area contributed by atoms with Crippen molar-refractivity contribution in [1.82, 2.24) is 19.3 Å². The average molecular weight is 633 g/mol. The fraction of sp³-hybridized carbons (Fsp3) is 0.231. The van der Waals surface area contributed by atoms with Crippen LogP contribution in [-0.4, -0.2) is 57.6 Å². The Labute approximate surface area is 254 Å². The summed E-state index contributed by atoms with van der Waals surface area (Å²) >= 11 is 12.4. The Balaban J connectivity index is 0.00000178. The maximum Gasteiger partial charge on any atom is 0.258 e. The molecule has 1 aliphatic heterocycles. The van der Waals surface area contributed by atoms with Gasteiger partial charge in [0.15, 0.2) is 5.65 Å². The van der Waals surface area contributed by atoms with Gasteiger partial charge in [-0.1, -0.05) is 35.3 Å². The van der Waals surface area contributed by atoms with E-state index in [1.165, 1.54) is 0 Å². The average Bonchev–Trinajstić information content (AvgIpc) is 3.22. The molecule has 1 atom stereocenters. The largest absolute Gasteiger partial charge is 0.354 e. The molecular weight excluding hydrogens is 606 g/mol. The Morgan fingerprint density at radius 1 is 0.974 bits per heavy atom. The van der Waals surface area contributed by atoms with E-state index in [1.54, 1.807) is 30.5 Å². The van der Waals surface area contributed by atoms with Crippen molar-refractivity contribution in [1.29, 1.82) is 0 Å². The van der Waals surface area contributed by atoms with Gasteiger partial charge in [0.05, 0.1) is 32.7 Å². The van der Waals surface area contributed by atoms with Gasteiger partial charge in [-0.3, -0.25) is 14.1 Å². The lowest BCUT2D eigenvalue weighted by Gasteiger charge is -2.38. The summed E-state index contributed by atoms with van der Waals surface area (Å²) in [6, 6.07) is 13.9. The van der Waals surface area contributed by atoms with Crippen molar-refractivity contribution >= 4 is 89.8 Å². The normalized spacial score (nSPS) is 14.0. The van der Waals surface area contributed by atoms with E-state index in [9.17, 15) is 9.59 Å². The highest BCUT2D eigenvalue weighted by Gasteiger charge is 2.29. The zero-order valence-electron chi connectivity index (χ0n) is 20.8. The van der Waals surface area contributed by atoms with Crippen molar-refractivity contribution in [2.24, 2.45) is 0 Å². The summed E-state index contributed by atoms with van der Waals surface area (Å²) in [5.74, 6) is 0.503. The summed E-state index contributed by atoms with van der Waals surface area (Å²) in [4.78, 5) is 38.9. The second kappa shape index (κ2) is 14.2. The molecule has 0 saturated carbocycles. The fourth-order valence-corrected chi connectivity index (χ4v) is 5.22. The third kappa shape index (κ3) is 6.60. The van der Waals surface area contributed by atoms with Crippen molar-refractivity contribution in [3.05, 3.63) is 87.9 Å². The van der Waals surface area contributed by atoms with E-state index in [1.807, 2.05) is 41.8 Å². The van der Waals surface area contributed by atoms with Crippen LogP contribution in [0.1, 0.15) is 27.8 Å². The van der Waals surface area contributed by atoms with Crippen molar-refractivity contribution in [3.8, 4) is 0 Å². The van der Waals surface area contributed by atoms with Crippen LogP contribution in [0.3, 0.4) is 0 Å². The van der Waals surface area contributed by atoms with Crippen molar-refractivity contribution < 1.29 is 9.59 Å². The number of aryl methyl sites for hydroxylation is 1. The molecule has 1 saturated heterocycles. The number of hydrogen-bond donors (Lipinski definition) is 1. The number of fused-ring (bicyclic) bond motifs is 1. The predicted molar refractivity (Wildman–Crippen MR) is 163 cm³/mol. The highest BCUT2D eigenvalue weighted by molar-refractivity contribution is 6.40. The van der Waals surface area contributed by atoms with Crippen LogP contribution in [0.15, 0.2) is 60.9 Å². The summed E-state index contributed by atoms with van der Waals surface area (Å²) in [6.07, 6.45) is 4.60. The molecule has 1 aliphatic rings. The first-order valence-corrected chi connectivity index (χ1v) is 12.3. The van der Waals surface area contributed by atoms with Crippen LogP contribution in [0, 0.1) is 6.92 Å². The van der Waals surface area contributed by atoms with Gasteiger partial charge < -0.3 is 15.0 Å². The SMILES string of the molecule is Cc1nc2c(NC(=O)c3c(Cl)cccc3Cl)cccn2c1C(C=O)N1CCN(c2ccccn2)CC1.Cl.Cl.Cl. The molecule has 0 radical (unpaired) electrons. The lowest BCUT2D eigenvalue weighted by atomic mass is 10.1. The molecule has 1 unspecified atom stereocenters. The van der Waals surface area contributed by atoms with Gasteiger partial charge in [-0.25, -0.2) is 9.97 Å². The summed E-state index contributed by atoms with van der Waals surface area (Å²) in [7, 11) is 0. The Bertz CT molecular complexity index is 1410. The fourth-order valence-electron chi connectivity index (χ4n) is 4.65. The minimum absolute atomic E-state index is 0. The number of piperazine rings is 1. The van der Waals surface area contributed by atoms with Crippen LogP contribution in [0.5, 0.6) is 0 Å². The molecule has 1 fully saturated rings. The van der Waals surface area contributed by atoms with E-state index in [-0.39, 0.29) is 52.8 Å². The molecular formula is C26H27Cl5N6O2. The smallest absolute Gasteiger partial charge is 0.258 e. The molecule has 0 aliphatic carbocycles. The van der Waals surface area contributed by atoms with Gasteiger partial charge in [0.1, 0.15) is 18.1 Å². The first kappa shape index (κ1) is 32.6. The van der Waals surface area contributed by atoms with Gasteiger partial charge in [-0.05, 0) is 43.3 Å². The van der Waals surface area contributed by atoms with Crippen LogP contribution in [0.25, 0.3) is 5.65 Å². The molecule has 5 rings (SSSR count). The molecule has 1 N–H and O–H groups in total. The molecule has 1 aromatic carbocycles. The number of hydrogen-bond acceptors (Lipinski definition) is 6. The van der Waals surface area contributed by atoms with Gasteiger partial charge in [-0.15, -0.1) is 37.2 Å². The number of anilines is 2. The van der Waals surface area contributed by atoms with E-state index in [0.29, 0.717) is 24.4 Å². The first-order chi connectivity index (χ1) is 17.5. The Hall–Kier alpha value is -2.59. The first-order valence-electron chi connectivity index (χ1n) is 11.6. The molecule has 4 aromatic rings. The number of carbonyl (C=O) groups excluding carboxylic acids is 2. The van der Waals surface area contributed by atoms with Gasteiger partial charge in [0, 0.05) is 38.6 Å². The lowest BCUT2D eigenvalue weighted by molar-refractivity contribution is -0.112. The number of aromatic nitrogens is 3. The number of rotatable bonds is 6. The maximum absolute atomic E-state index is 13.0. The number of aldehydes is 1. The Kier molecular flexibility index (Phi) is 11.8. The van der Waals surface area contributed by atoms with E-state index in [0.717, 1.165) is 36.6 Å². The van der Waals surface area contributed by atoms with Crippen LogP contribution in [0.2, 0.25) is 10.0 Å². The minimum Gasteiger partial charge on any atom is -0.354 e. The van der Waals surface area contributed by atoms with Crippen molar-refractivity contribution in [2.75, 3.05) is 36.4 Å². The topological polar surface area (TPSA) is 82.8 Å². The molecule has 0 bridgehead atoms. The molecule has 13 heteroatoms. The zero-order valence-corrected chi connectivity index (χ0v) is 24.8. The monoisotopic (exact) mass is 630 g/mol. The summed E-state index contributed by atoms with van der Waals surface area (Å²) in [5, 5.41) is 3.40. The number of nitrogens with one attached hydrogen (secondary N) is 1. The number of amides is 1. The minimum atomic E-state index is -0.477. The molecule has 208 valence electrons. The predicted octanol–water partition coefficient (Wildman–Crippen LogP) is 5.92. The summed E-state index contributed by atoms with van der Waals surface area (Å²) in [6.45, 7) is 4.80. The standard InChI is InChI=1S/C26H24Cl2N6O2.3ClH/c1-17-24(21(16-35)32-12-14-33(15-13-32)22-9-2-3-10-29-22)34-11-5-8-20(25(34)30-17)31-26(36)23-18(27)6-4-7-19(23)28;;;/h2-11,16,21H,12-15H2,1H3,(H,31,36);3*1H. The number of benzene rings is 1. The molecule has 4 heterocycles. The van der Waals surface area contributed by atoms with Gasteiger partial charge in [-0.2, -0.15) is 0 Å². The highest BCUT2D eigenvalue weighted by Crippen LogP contribution is 2.30. The Morgan fingerprint density at radius 2 is 1.67 bits per heavy atom. The molecule has 0 spiro atoms. The molecule has 1 amide bonds. The van der Waals surface area contributed by atoms with Crippen LogP contribution >= 0.6 is 60.4 Å². The van der Waals surface area contributed by atoms with E-state index >= 15 is 0 Å². The quantitative estimate of drug-likeness (QED) is 0.266. The lowest BCUT2D eigenvalue weighted by Crippen LogP contribution is -2.48. The second-order valence-electron chi connectivity index (χ2n) is 8.54. The van der Waals surface area contributed by atoms with E-state index in [4.69, 9.17) is 28.2 Å². The van der Waals surface area contributed by atoms with E-state index < -0.39 is 11.9 Å². The number of nitrogens with zero attached hydrogens (tertiary/aromatic N) is 5. The van der Waals surface area contributed by atoms with Gasteiger partial charge in [0.2, 0.25) is 0 Å². The number of carbonyl (C=O) groups is 2. The maximum atomic E-state index is 13.0. The van der Waals surface area contributed by atoms with Gasteiger partial charge in [0.25, 0.3) is 5.91 Å². The molecule has 8 nitrogen and oxygen atoms in total. The van der Waals surface area contributed by atoms with Crippen LogP contribution in [-0.2, 0) is 4.79 Å².